The van der Waals surface area contributed by atoms with Crippen molar-refractivity contribution in [2.75, 3.05) is 13.1 Å². The van der Waals surface area contributed by atoms with Gasteiger partial charge in [-0.15, -0.1) is 0 Å². The van der Waals surface area contributed by atoms with Crippen molar-refractivity contribution < 1.29 is 9.90 Å². The number of likely N-dealkylation sites (tertiary alicyclic amines) is 1. The van der Waals surface area contributed by atoms with Crippen molar-refractivity contribution in [1.82, 2.24) is 9.88 Å². The molecule has 1 aromatic rings. The Balaban J connectivity index is 2.00. The first-order valence-electron chi connectivity index (χ1n) is 5.28. The highest BCUT2D eigenvalue weighted by atomic mass is 35.5. The van der Waals surface area contributed by atoms with Gasteiger partial charge in [-0.05, 0) is 12.0 Å². The Bertz CT molecular complexity index is 408. The molecule has 0 aromatic carbocycles. The molecule has 0 unspecified atom stereocenters. The topological polar surface area (TPSA) is 56.3 Å². The van der Waals surface area contributed by atoms with E-state index in [1.54, 1.807) is 17.2 Å². The maximum atomic E-state index is 11.9. The fourth-order valence-corrected chi connectivity index (χ4v) is 1.95. The average Bonchev–Trinajstić information content (AvgIpc) is 2.58. The Hall–Kier alpha value is -1.00. The Labute approximate surface area is 99.2 Å². The van der Waals surface area contributed by atoms with Crippen LogP contribution in [0.15, 0.2) is 12.3 Å². The largest absolute Gasteiger partial charge is 0.386 e. The van der Waals surface area contributed by atoms with Crippen molar-refractivity contribution >= 4 is 17.5 Å². The van der Waals surface area contributed by atoms with Gasteiger partial charge in [0.05, 0.1) is 18.1 Å². The predicted octanol–water partition coefficient (Wildman–Crippen LogP) is 1.51. The molecule has 0 bridgehead atoms. The summed E-state index contributed by atoms with van der Waals surface area (Å²) in [4.78, 5) is 16.3. The van der Waals surface area contributed by atoms with Gasteiger partial charge in [0.15, 0.2) is 0 Å². The maximum Gasteiger partial charge on any atom is 0.270 e. The second-order valence-electron chi connectivity index (χ2n) is 4.65. The van der Waals surface area contributed by atoms with Crippen LogP contribution in [0.1, 0.15) is 24.3 Å². The molecule has 1 aliphatic heterocycles. The van der Waals surface area contributed by atoms with Crippen LogP contribution < -0.4 is 0 Å². The number of amides is 1. The first-order valence-corrected chi connectivity index (χ1v) is 5.66. The van der Waals surface area contributed by atoms with E-state index in [0.717, 1.165) is 0 Å². The van der Waals surface area contributed by atoms with E-state index >= 15 is 0 Å². The summed E-state index contributed by atoms with van der Waals surface area (Å²) in [5.41, 5.74) is -0.262. The van der Waals surface area contributed by atoms with Gasteiger partial charge in [-0.3, -0.25) is 4.79 Å². The smallest absolute Gasteiger partial charge is 0.270 e. The number of aromatic amines is 1. The van der Waals surface area contributed by atoms with Gasteiger partial charge in [-0.2, -0.15) is 0 Å². The molecule has 88 valence electrons. The summed E-state index contributed by atoms with van der Waals surface area (Å²) in [6.07, 6.45) is 1.57. The van der Waals surface area contributed by atoms with Crippen LogP contribution in [0, 0.1) is 5.92 Å². The number of H-pyrrole nitrogens is 1. The number of halogens is 1. The normalized spacial score (nSPS) is 18.7. The molecule has 1 saturated heterocycles. The highest BCUT2D eigenvalue weighted by molar-refractivity contribution is 6.30. The number of nitrogens with one attached hydrogen (secondary N) is 1. The lowest BCUT2D eigenvalue weighted by atomic mass is 9.83. The maximum absolute atomic E-state index is 11.9. The molecule has 4 nitrogen and oxygen atoms in total. The monoisotopic (exact) mass is 242 g/mol. The summed E-state index contributed by atoms with van der Waals surface area (Å²) in [6, 6.07) is 1.59. The number of hydrogen-bond donors (Lipinski definition) is 2. The van der Waals surface area contributed by atoms with E-state index in [-0.39, 0.29) is 11.8 Å². The van der Waals surface area contributed by atoms with Gasteiger partial charge in [0.1, 0.15) is 11.3 Å². The van der Waals surface area contributed by atoms with Crippen LogP contribution >= 0.6 is 11.6 Å². The van der Waals surface area contributed by atoms with Gasteiger partial charge < -0.3 is 15.0 Å². The minimum Gasteiger partial charge on any atom is -0.386 e. The summed E-state index contributed by atoms with van der Waals surface area (Å²) in [5.74, 6) is 0.0426. The molecular weight excluding hydrogens is 228 g/mol. The quantitative estimate of drug-likeness (QED) is 0.826. The van der Waals surface area contributed by atoms with E-state index < -0.39 is 5.60 Å². The van der Waals surface area contributed by atoms with Gasteiger partial charge in [0.25, 0.3) is 5.91 Å². The van der Waals surface area contributed by atoms with Crippen molar-refractivity contribution in [3.63, 3.8) is 0 Å². The van der Waals surface area contributed by atoms with Gasteiger partial charge in [0, 0.05) is 6.20 Å². The highest BCUT2D eigenvalue weighted by Crippen LogP contribution is 2.29. The molecule has 2 N–H and O–H groups in total. The molecule has 0 saturated carbocycles. The standard InChI is InChI=1S/C11H15ClN2O2/c1-7(2)11(16)5-14(6-11)10(15)9-3-8(12)4-13-9/h3-4,7,13,16H,5-6H2,1-2H3. The molecule has 0 radical (unpaired) electrons. The third-order valence-electron chi connectivity index (χ3n) is 3.17. The van der Waals surface area contributed by atoms with Crippen molar-refractivity contribution in [2.24, 2.45) is 5.92 Å². The third-order valence-corrected chi connectivity index (χ3v) is 3.39. The van der Waals surface area contributed by atoms with Crippen LogP contribution in [-0.2, 0) is 0 Å². The molecule has 0 atom stereocenters. The van der Waals surface area contributed by atoms with Crippen LogP contribution in [0.4, 0.5) is 0 Å². The molecule has 5 heteroatoms. The first-order chi connectivity index (χ1) is 7.42. The van der Waals surface area contributed by atoms with Gasteiger partial charge >= 0.3 is 0 Å². The van der Waals surface area contributed by atoms with E-state index in [1.807, 2.05) is 13.8 Å². The van der Waals surface area contributed by atoms with Crippen LogP contribution in [0.2, 0.25) is 5.02 Å². The van der Waals surface area contributed by atoms with Crippen molar-refractivity contribution in [2.45, 2.75) is 19.4 Å². The number of rotatable bonds is 2. The minimum absolute atomic E-state index is 0.114. The van der Waals surface area contributed by atoms with Gasteiger partial charge in [-0.25, -0.2) is 0 Å². The van der Waals surface area contributed by atoms with Gasteiger partial charge in [0.2, 0.25) is 0 Å². The zero-order chi connectivity index (χ0) is 11.9. The summed E-state index contributed by atoms with van der Waals surface area (Å²) in [5, 5.41) is 10.5. The number of aliphatic hydroxyl groups is 1. The lowest BCUT2D eigenvalue weighted by molar-refractivity contribution is -0.111. The molecular formula is C11H15ClN2O2. The molecule has 1 fully saturated rings. The number of hydrogen-bond acceptors (Lipinski definition) is 2. The second-order valence-corrected chi connectivity index (χ2v) is 5.09. The SMILES string of the molecule is CC(C)C1(O)CN(C(=O)c2cc(Cl)c[nH]2)C1. The van der Waals surface area contributed by atoms with E-state index in [1.165, 1.54) is 0 Å². The molecule has 16 heavy (non-hydrogen) atoms. The number of aromatic nitrogens is 1. The zero-order valence-electron chi connectivity index (χ0n) is 9.33. The molecule has 0 spiro atoms. The number of carbonyl (C=O) groups excluding carboxylic acids is 1. The molecule has 2 rings (SSSR count). The molecule has 1 aliphatic rings. The first kappa shape index (κ1) is 11.5. The fraction of sp³-hybridized carbons (Fsp3) is 0.545. The fourth-order valence-electron chi connectivity index (χ4n) is 1.79. The Morgan fingerprint density at radius 2 is 2.25 bits per heavy atom. The lowest BCUT2D eigenvalue weighted by Gasteiger charge is -2.48. The molecule has 1 aromatic heterocycles. The highest BCUT2D eigenvalue weighted by Gasteiger charge is 2.46. The third kappa shape index (κ3) is 1.83. The minimum atomic E-state index is -0.730. The van der Waals surface area contributed by atoms with Crippen LogP contribution in [0.5, 0.6) is 0 Å². The van der Waals surface area contributed by atoms with E-state index in [9.17, 15) is 9.90 Å². The molecule has 1 amide bonds. The Morgan fingerprint density at radius 3 is 2.69 bits per heavy atom. The lowest BCUT2D eigenvalue weighted by Crippen LogP contribution is -2.66. The average molecular weight is 243 g/mol. The number of carbonyl (C=O) groups is 1. The number of nitrogens with zero attached hydrogens (tertiary/aromatic N) is 1. The van der Waals surface area contributed by atoms with Crippen molar-refractivity contribution in [3.05, 3.63) is 23.0 Å². The Morgan fingerprint density at radius 1 is 1.62 bits per heavy atom. The number of β-amino-alcohol motifs (C(OH)–C–C–N with tert-alkyl or cyclic N) is 1. The van der Waals surface area contributed by atoms with E-state index in [0.29, 0.717) is 23.8 Å². The van der Waals surface area contributed by atoms with Gasteiger partial charge in [-0.1, -0.05) is 25.4 Å². The Kier molecular flexibility index (Phi) is 2.72. The van der Waals surface area contributed by atoms with Crippen LogP contribution in [0.25, 0.3) is 0 Å². The van der Waals surface area contributed by atoms with E-state index in [2.05, 4.69) is 4.98 Å². The van der Waals surface area contributed by atoms with Crippen LogP contribution in [-0.4, -0.2) is 39.6 Å². The van der Waals surface area contributed by atoms with E-state index in [4.69, 9.17) is 11.6 Å². The summed E-state index contributed by atoms with van der Waals surface area (Å²) in [7, 11) is 0. The van der Waals surface area contributed by atoms with Crippen LogP contribution in [0.3, 0.4) is 0 Å². The summed E-state index contributed by atoms with van der Waals surface area (Å²) >= 11 is 5.73. The molecule has 0 aliphatic carbocycles. The zero-order valence-corrected chi connectivity index (χ0v) is 10.1. The summed E-state index contributed by atoms with van der Waals surface area (Å²) in [6.45, 7) is 4.68. The second kappa shape index (κ2) is 3.79. The molecule has 2 heterocycles. The van der Waals surface area contributed by atoms with Crippen molar-refractivity contribution in [1.29, 1.82) is 0 Å². The predicted molar refractivity (Wildman–Crippen MR) is 61.5 cm³/mol. The summed E-state index contributed by atoms with van der Waals surface area (Å²) < 4.78 is 0. The van der Waals surface area contributed by atoms with Crippen molar-refractivity contribution in [3.8, 4) is 0 Å².